The summed E-state index contributed by atoms with van der Waals surface area (Å²) in [5.41, 5.74) is -1.22. The minimum Gasteiger partial charge on any atom is -0.479 e. The Morgan fingerprint density at radius 2 is 2.44 bits per heavy atom. The lowest BCUT2D eigenvalue weighted by molar-refractivity contribution is -0.139. The highest BCUT2D eigenvalue weighted by atomic mass is 16.4. The molecule has 1 rings (SSSR count). The standard InChI is InChI=1S/C4H5N3O2/c1-4(3(8)9)2-5-7-6-4/h2H,1H3,(H,8,9). The van der Waals surface area contributed by atoms with E-state index in [1.54, 1.807) is 0 Å². The van der Waals surface area contributed by atoms with Crippen LogP contribution in [0.3, 0.4) is 0 Å². The lowest BCUT2D eigenvalue weighted by atomic mass is 10.1. The molecular weight excluding hydrogens is 122 g/mol. The third-order valence-corrected chi connectivity index (χ3v) is 1.05. The minimum atomic E-state index is -1.22. The molecular formula is C4H5N3O2. The number of rotatable bonds is 1. The molecule has 0 aromatic heterocycles. The predicted molar refractivity (Wildman–Crippen MR) is 29.4 cm³/mol. The molecule has 0 saturated carbocycles. The fraction of sp³-hybridized carbons (Fsp3) is 0.500. The second-order valence-electron chi connectivity index (χ2n) is 1.89. The Balaban J connectivity index is 2.88. The number of carboxylic acids is 1. The first kappa shape index (κ1) is 5.87. The van der Waals surface area contributed by atoms with Crippen LogP contribution in [-0.4, -0.2) is 22.8 Å². The van der Waals surface area contributed by atoms with Gasteiger partial charge in [0, 0.05) is 0 Å². The van der Waals surface area contributed by atoms with Crippen LogP contribution in [0.5, 0.6) is 0 Å². The highest BCUT2D eigenvalue weighted by Crippen LogP contribution is 2.12. The fourth-order valence-electron chi connectivity index (χ4n) is 0.381. The normalized spacial score (nSPS) is 31.2. The number of carboxylic acid groups (broad SMARTS) is 1. The van der Waals surface area contributed by atoms with Gasteiger partial charge in [-0.3, -0.25) is 0 Å². The van der Waals surface area contributed by atoms with Gasteiger partial charge in [-0.05, 0) is 12.1 Å². The Kier molecular flexibility index (Phi) is 1.05. The number of aliphatic carboxylic acids is 1. The third-order valence-electron chi connectivity index (χ3n) is 1.05. The van der Waals surface area contributed by atoms with Crippen LogP contribution in [-0.2, 0) is 4.79 Å². The summed E-state index contributed by atoms with van der Waals surface area (Å²) in [5.74, 6) is -1.03. The van der Waals surface area contributed by atoms with Crippen molar-refractivity contribution in [2.45, 2.75) is 12.5 Å². The molecule has 1 aliphatic rings. The van der Waals surface area contributed by atoms with E-state index in [1.165, 1.54) is 13.1 Å². The molecule has 0 aliphatic carbocycles. The van der Waals surface area contributed by atoms with Crippen molar-refractivity contribution in [3.8, 4) is 0 Å². The summed E-state index contributed by atoms with van der Waals surface area (Å²) in [6, 6.07) is 0. The molecule has 0 bridgehead atoms. The quantitative estimate of drug-likeness (QED) is 0.549. The van der Waals surface area contributed by atoms with E-state index in [9.17, 15) is 4.79 Å². The number of nitrogens with zero attached hydrogens (tertiary/aromatic N) is 3. The molecule has 5 heteroatoms. The zero-order valence-electron chi connectivity index (χ0n) is 4.77. The number of hydrogen-bond donors (Lipinski definition) is 1. The molecule has 0 fully saturated rings. The van der Waals surface area contributed by atoms with Crippen molar-refractivity contribution in [3.63, 3.8) is 0 Å². The first-order valence-corrected chi connectivity index (χ1v) is 2.35. The SMILES string of the molecule is CC1(C(=O)O)C=NN=N1. The Bertz CT molecular complexity index is 184. The average Bonchev–Trinajstić information content (AvgIpc) is 2.16. The van der Waals surface area contributed by atoms with Gasteiger partial charge >= 0.3 is 5.97 Å². The van der Waals surface area contributed by atoms with E-state index in [2.05, 4.69) is 15.4 Å². The number of hydrogen-bond acceptors (Lipinski definition) is 4. The Labute approximate surface area is 51.1 Å². The van der Waals surface area contributed by atoms with Gasteiger partial charge in [-0.25, -0.2) is 4.79 Å². The Morgan fingerprint density at radius 1 is 1.78 bits per heavy atom. The first-order chi connectivity index (χ1) is 4.15. The highest BCUT2D eigenvalue weighted by molar-refractivity contribution is 5.99. The van der Waals surface area contributed by atoms with Crippen molar-refractivity contribution in [2.75, 3.05) is 0 Å². The molecule has 0 spiro atoms. The summed E-state index contributed by atoms with van der Waals surface area (Å²) < 4.78 is 0. The van der Waals surface area contributed by atoms with E-state index in [0.29, 0.717) is 0 Å². The van der Waals surface area contributed by atoms with Crippen LogP contribution in [0.1, 0.15) is 6.92 Å². The maximum Gasteiger partial charge on any atom is 0.339 e. The van der Waals surface area contributed by atoms with E-state index in [1.807, 2.05) is 0 Å². The molecule has 1 aliphatic heterocycles. The molecule has 0 saturated heterocycles. The highest BCUT2D eigenvalue weighted by Gasteiger charge is 2.33. The van der Waals surface area contributed by atoms with Gasteiger partial charge in [0.05, 0.1) is 6.21 Å². The monoisotopic (exact) mass is 127 g/mol. The molecule has 1 N–H and O–H groups in total. The number of carbonyl (C=O) groups is 1. The lowest BCUT2D eigenvalue weighted by Crippen LogP contribution is -2.32. The summed E-state index contributed by atoms with van der Waals surface area (Å²) in [6.45, 7) is 1.43. The summed E-state index contributed by atoms with van der Waals surface area (Å²) >= 11 is 0. The molecule has 5 nitrogen and oxygen atoms in total. The minimum absolute atomic E-state index is 1.03. The second kappa shape index (κ2) is 1.61. The van der Waals surface area contributed by atoms with Crippen molar-refractivity contribution in [1.29, 1.82) is 0 Å². The van der Waals surface area contributed by atoms with Gasteiger partial charge in [-0.15, -0.1) is 10.2 Å². The maximum atomic E-state index is 10.3. The predicted octanol–water partition coefficient (Wildman–Crippen LogP) is 0.281. The van der Waals surface area contributed by atoms with Gasteiger partial charge in [0.1, 0.15) is 0 Å². The van der Waals surface area contributed by atoms with Crippen LogP contribution >= 0.6 is 0 Å². The smallest absolute Gasteiger partial charge is 0.339 e. The molecule has 0 aromatic carbocycles. The van der Waals surface area contributed by atoms with Crippen molar-refractivity contribution in [2.24, 2.45) is 15.4 Å². The van der Waals surface area contributed by atoms with E-state index in [0.717, 1.165) is 0 Å². The van der Waals surface area contributed by atoms with Gasteiger partial charge in [0.15, 0.2) is 0 Å². The van der Waals surface area contributed by atoms with Crippen molar-refractivity contribution in [3.05, 3.63) is 0 Å². The van der Waals surface area contributed by atoms with Crippen LogP contribution in [0.25, 0.3) is 0 Å². The summed E-state index contributed by atoms with van der Waals surface area (Å²) in [5, 5.41) is 18.3. The topological polar surface area (TPSA) is 74.4 Å². The van der Waals surface area contributed by atoms with Crippen molar-refractivity contribution < 1.29 is 9.90 Å². The van der Waals surface area contributed by atoms with Gasteiger partial charge < -0.3 is 5.11 Å². The van der Waals surface area contributed by atoms with Crippen LogP contribution in [0, 0.1) is 0 Å². The summed E-state index contributed by atoms with van der Waals surface area (Å²) in [4.78, 5) is 10.3. The molecule has 1 heterocycles. The van der Waals surface area contributed by atoms with E-state index in [4.69, 9.17) is 5.11 Å². The van der Waals surface area contributed by atoms with Crippen LogP contribution < -0.4 is 0 Å². The molecule has 1 unspecified atom stereocenters. The van der Waals surface area contributed by atoms with Crippen LogP contribution in [0.2, 0.25) is 0 Å². The second-order valence-corrected chi connectivity index (χ2v) is 1.89. The van der Waals surface area contributed by atoms with Crippen LogP contribution in [0.15, 0.2) is 15.4 Å². The molecule has 48 valence electrons. The molecule has 0 amide bonds. The average molecular weight is 127 g/mol. The lowest BCUT2D eigenvalue weighted by Gasteiger charge is -2.05. The fourth-order valence-corrected chi connectivity index (χ4v) is 0.381. The van der Waals surface area contributed by atoms with Gasteiger partial charge in [0.25, 0.3) is 0 Å². The Morgan fingerprint density at radius 3 is 2.67 bits per heavy atom. The first-order valence-electron chi connectivity index (χ1n) is 2.35. The van der Waals surface area contributed by atoms with Crippen molar-refractivity contribution in [1.82, 2.24) is 0 Å². The zero-order valence-corrected chi connectivity index (χ0v) is 4.77. The van der Waals surface area contributed by atoms with Crippen molar-refractivity contribution >= 4 is 12.2 Å². The molecule has 0 aromatic rings. The van der Waals surface area contributed by atoms with Gasteiger partial charge in [-0.2, -0.15) is 0 Å². The largest absolute Gasteiger partial charge is 0.479 e. The maximum absolute atomic E-state index is 10.3. The Hall–Kier alpha value is -1.26. The summed E-state index contributed by atoms with van der Waals surface area (Å²) in [7, 11) is 0. The van der Waals surface area contributed by atoms with Gasteiger partial charge in [-0.1, -0.05) is 0 Å². The third kappa shape index (κ3) is 0.802. The summed E-state index contributed by atoms with van der Waals surface area (Å²) in [6.07, 6.45) is 1.19. The van der Waals surface area contributed by atoms with Crippen LogP contribution in [0.4, 0.5) is 0 Å². The molecule has 1 atom stereocenters. The van der Waals surface area contributed by atoms with Gasteiger partial charge in [0.2, 0.25) is 5.54 Å². The van der Waals surface area contributed by atoms with E-state index >= 15 is 0 Å². The molecule has 0 radical (unpaired) electrons. The van der Waals surface area contributed by atoms with E-state index in [-0.39, 0.29) is 0 Å². The van der Waals surface area contributed by atoms with E-state index < -0.39 is 11.5 Å². The zero-order chi connectivity index (χ0) is 6.91. The molecule has 9 heavy (non-hydrogen) atoms.